The molecule has 2 amide bonds. The molecule has 12 nitrogen and oxygen atoms in total. The van der Waals surface area contributed by atoms with Crippen LogP contribution in [0.2, 0.25) is 0 Å². The van der Waals surface area contributed by atoms with Crippen LogP contribution >= 0.6 is 35.3 Å². The molecule has 1 aromatic rings. The van der Waals surface area contributed by atoms with E-state index < -0.39 is 28.9 Å². The largest absolute Gasteiger partial charge is 1.00 e. The summed E-state index contributed by atoms with van der Waals surface area (Å²) in [6.45, 7) is 0. The number of β-lactam (4-membered cyclic amide) rings is 1. The molecule has 1 fully saturated rings. The maximum atomic E-state index is 12.9. The Morgan fingerprint density at radius 2 is 2.26 bits per heavy atom. The summed E-state index contributed by atoms with van der Waals surface area (Å²) in [4.78, 5) is 38.0. The standard InChI is InChI=1S/C15H17N7O5S3.Na/c1-21-14(18-19-20-21)30-6-8-5-29-13-15(27-2,17-9(23)7-28-4-3-16)12(26)22(13)10(8)11(24)25;/h13H,4-7H2,1-2H3,(H,17,23)(H,24,25);/q;+1/p-1/t13-,15+;/m0./s1. The summed E-state index contributed by atoms with van der Waals surface area (Å²) in [6.07, 6.45) is 0. The molecule has 0 spiro atoms. The molecular weight excluding hydrogens is 477 g/mol. The van der Waals surface area contributed by atoms with Gasteiger partial charge < -0.3 is 20.0 Å². The van der Waals surface area contributed by atoms with Crippen LogP contribution in [0.4, 0.5) is 0 Å². The van der Waals surface area contributed by atoms with Gasteiger partial charge in [0.25, 0.3) is 11.6 Å². The molecule has 0 radical (unpaired) electrons. The Morgan fingerprint density at radius 3 is 2.84 bits per heavy atom. The predicted molar refractivity (Wildman–Crippen MR) is 105 cm³/mol. The van der Waals surface area contributed by atoms with E-state index in [1.54, 1.807) is 7.05 Å². The fraction of sp³-hybridized carbons (Fsp3) is 0.533. The van der Waals surface area contributed by atoms with E-state index in [-0.39, 0.29) is 52.5 Å². The maximum Gasteiger partial charge on any atom is 1.00 e. The number of nitrogens with one attached hydrogen (secondary N) is 1. The van der Waals surface area contributed by atoms with Gasteiger partial charge in [-0.2, -0.15) is 5.26 Å². The van der Waals surface area contributed by atoms with Gasteiger partial charge in [0, 0.05) is 25.7 Å². The first-order valence-electron chi connectivity index (χ1n) is 8.40. The number of carbonyl (C=O) groups is 3. The zero-order valence-electron chi connectivity index (χ0n) is 16.9. The topological polar surface area (TPSA) is 166 Å². The Kier molecular flexibility index (Phi) is 9.25. The second-order valence-electron chi connectivity index (χ2n) is 6.09. The Balaban J connectivity index is 0.00000341. The van der Waals surface area contributed by atoms with Crippen LogP contribution in [0.1, 0.15) is 0 Å². The van der Waals surface area contributed by atoms with Crippen LogP contribution in [0.25, 0.3) is 0 Å². The molecule has 0 saturated carbocycles. The van der Waals surface area contributed by atoms with Crippen molar-refractivity contribution < 1.29 is 53.8 Å². The summed E-state index contributed by atoms with van der Waals surface area (Å²) < 4.78 is 6.79. The third-order valence-electron chi connectivity index (χ3n) is 4.31. The fourth-order valence-corrected chi connectivity index (χ4v) is 5.85. The number of aromatic nitrogens is 4. The van der Waals surface area contributed by atoms with E-state index in [0.29, 0.717) is 16.5 Å². The molecule has 2 aliphatic heterocycles. The van der Waals surface area contributed by atoms with Crippen LogP contribution in [-0.2, 0) is 26.2 Å². The van der Waals surface area contributed by atoms with E-state index in [1.165, 1.54) is 35.3 Å². The minimum Gasteiger partial charge on any atom is -0.543 e. The van der Waals surface area contributed by atoms with Crippen LogP contribution in [-0.4, -0.2) is 84.1 Å². The summed E-state index contributed by atoms with van der Waals surface area (Å²) in [5.74, 6) is -2.02. The van der Waals surface area contributed by atoms with Gasteiger partial charge in [0.1, 0.15) is 5.37 Å². The van der Waals surface area contributed by atoms with Crippen molar-refractivity contribution in [1.29, 1.82) is 5.26 Å². The van der Waals surface area contributed by atoms with Crippen molar-refractivity contribution in [3.63, 3.8) is 0 Å². The number of hydrogen-bond acceptors (Lipinski definition) is 12. The number of aliphatic carboxylic acids is 1. The van der Waals surface area contributed by atoms with E-state index >= 15 is 0 Å². The number of hydrogen-bond donors (Lipinski definition) is 1. The quantitative estimate of drug-likeness (QED) is 0.115. The summed E-state index contributed by atoms with van der Waals surface area (Å²) in [6, 6.07) is 1.91. The van der Waals surface area contributed by atoms with Gasteiger partial charge in [-0.25, -0.2) is 4.68 Å². The number of fused-ring (bicyclic) bond motifs is 1. The van der Waals surface area contributed by atoms with Crippen molar-refractivity contribution in [3.05, 3.63) is 11.3 Å². The molecule has 3 rings (SSSR count). The van der Waals surface area contributed by atoms with E-state index in [1.807, 2.05) is 6.07 Å². The number of nitriles is 1. The van der Waals surface area contributed by atoms with Gasteiger partial charge in [0.05, 0.1) is 29.2 Å². The molecule has 2 atom stereocenters. The minimum atomic E-state index is -1.66. The predicted octanol–water partition coefficient (Wildman–Crippen LogP) is -5.06. The van der Waals surface area contributed by atoms with Crippen molar-refractivity contribution in [3.8, 4) is 6.07 Å². The van der Waals surface area contributed by atoms with Crippen molar-refractivity contribution >= 4 is 53.1 Å². The van der Waals surface area contributed by atoms with Gasteiger partial charge in [0.15, 0.2) is 0 Å². The Labute approximate surface area is 212 Å². The van der Waals surface area contributed by atoms with E-state index in [2.05, 4.69) is 20.8 Å². The molecule has 31 heavy (non-hydrogen) atoms. The molecule has 1 aromatic heterocycles. The maximum absolute atomic E-state index is 12.9. The number of amides is 2. The molecule has 3 heterocycles. The first kappa shape index (κ1) is 26.0. The molecule has 0 bridgehead atoms. The zero-order valence-corrected chi connectivity index (χ0v) is 21.3. The van der Waals surface area contributed by atoms with Gasteiger partial charge in [0.2, 0.25) is 11.1 Å². The monoisotopic (exact) mass is 493 g/mol. The number of carbonyl (C=O) groups excluding carboxylic acids is 3. The van der Waals surface area contributed by atoms with Crippen LogP contribution in [0.15, 0.2) is 16.4 Å². The van der Waals surface area contributed by atoms with E-state index in [9.17, 15) is 19.5 Å². The number of carboxylic acids is 1. The number of nitrogens with zero attached hydrogens (tertiary/aromatic N) is 6. The van der Waals surface area contributed by atoms with E-state index in [4.69, 9.17) is 10.00 Å². The number of carboxylic acid groups (broad SMARTS) is 1. The average molecular weight is 494 g/mol. The summed E-state index contributed by atoms with van der Waals surface area (Å²) in [5.41, 5.74) is -1.41. The third-order valence-corrected chi connectivity index (χ3v) is 7.58. The molecule has 1 saturated heterocycles. The van der Waals surface area contributed by atoms with Crippen LogP contribution in [0.3, 0.4) is 0 Å². The number of aryl methyl sites for hydroxylation is 1. The molecule has 0 unspecified atom stereocenters. The second-order valence-corrected chi connectivity index (χ2v) is 9.09. The van der Waals surface area contributed by atoms with Gasteiger partial charge in [-0.05, 0) is 16.0 Å². The fourth-order valence-electron chi connectivity index (χ4n) is 2.97. The van der Waals surface area contributed by atoms with E-state index in [0.717, 1.165) is 16.7 Å². The number of rotatable bonds is 9. The number of tetrazole rings is 1. The van der Waals surface area contributed by atoms with Crippen LogP contribution < -0.4 is 40.0 Å². The molecule has 2 aliphatic rings. The van der Waals surface area contributed by atoms with Crippen molar-refractivity contribution in [2.24, 2.45) is 7.05 Å². The second kappa shape index (κ2) is 11.0. The Hall–Kier alpha value is -1.28. The number of ether oxygens (including phenoxy) is 1. The summed E-state index contributed by atoms with van der Waals surface area (Å²) >= 11 is 3.60. The molecule has 160 valence electrons. The molecule has 0 aromatic carbocycles. The van der Waals surface area contributed by atoms with Gasteiger partial charge in [-0.1, -0.05) is 11.8 Å². The SMILES string of the molecule is CO[C@]1(NC(=O)CSCC#N)C(=O)N2C(C(=O)[O-])=C(CSc3nnnn3C)CS[C@H]21.[Na+]. The molecular formula is C15H16N7NaO5S3. The van der Waals surface area contributed by atoms with Crippen molar-refractivity contribution in [1.82, 2.24) is 30.4 Å². The first-order valence-corrected chi connectivity index (χ1v) is 11.6. The van der Waals surface area contributed by atoms with Crippen LogP contribution in [0, 0.1) is 11.3 Å². The molecule has 16 heteroatoms. The smallest absolute Gasteiger partial charge is 0.543 e. The summed E-state index contributed by atoms with van der Waals surface area (Å²) in [5, 5.41) is 33.8. The molecule has 0 aliphatic carbocycles. The normalized spacial score (nSPS) is 22.2. The Morgan fingerprint density at radius 1 is 1.52 bits per heavy atom. The number of methoxy groups -OCH3 is 1. The zero-order chi connectivity index (χ0) is 21.9. The molecule has 1 N–H and O–H groups in total. The minimum absolute atomic E-state index is 0. The van der Waals surface area contributed by atoms with Gasteiger partial charge >= 0.3 is 29.6 Å². The van der Waals surface area contributed by atoms with Crippen molar-refractivity contribution in [2.45, 2.75) is 16.3 Å². The van der Waals surface area contributed by atoms with Gasteiger partial charge in [-0.15, -0.1) is 28.6 Å². The Bertz CT molecular complexity index is 952. The summed E-state index contributed by atoms with van der Waals surface area (Å²) in [7, 11) is 2.93. The van der Waals surface area contributed by atoms with Gasteiger partial charge in [-0.3, -0.25) is 14.5 Å². The third kappa shape index (κ3) is 5.05. The first-order chi connectivity index (χ1) is 14.4. The average Bonchev–Trinajstić information content (AvgIpc) is 3.14. The van der Waals surface area contributed by atoms with Crippen molar-refractivity contribution in [2.75, 3.05) is 30.1 Å². The van der Waals surface area contributed by atoms with Crippen LogP contribution in [0.5, 0.6) is 0 Å². The number of thioether (sulfide) groups is 3.